The maximum Gasteiger partial charge on any atom is 0.150 e. The highest BCUT2D eigenvalue weighted by Crippen LogP contribution is 2.08. The molecule has 0 aromatic heterocycles. The van der Waals surface area contributed by atoms with E-state index in [4.69, 9.17) is 5.73 Å². The highest BCUT2D eigenvalue weighted by atomic mass is 16.1. The van der Waals surface area contributed by atoms with E-state index >= 15 is 0 Å². The maximum absolute atomic E-state index is 11.0. The number of carbonyl (C=O) groups excluding carboxylic acids is 1. The highest BCUT2D eigenvalue weighted by Gasteiger charge is 2.01. The summed E-state index contributed by atoms with van der Waals surface area (Å²) in [5.74, 6) is 0.0906. The number of hydrogen-bond acceptors (Lipinski definition) is 2. The van der Waals surface area contributed by atoms with Crippen molar-refractivity contribution in [1.82, 2.24) is 0 Å². The lowest BCUT2D eigenvalue weighted by molar-refractivity contribution is -0.117. The second-order valence-corrected chi connectivity index (χ2v) is 2.72. The zero-order chi connectivity index (χ0) is 8.81. The lowest BCUT2D eigenvalue weighted by Crippen LogP contribution is -2.13. The van der Waals surface area contributed by atoms with E-state index in [9.17, 15) is 4.79 Å². The molecule has 0 aromatic carbocycles. The molecule has 0 radical (unpaired) electrons. The van der Waals surface area contributed by atoms with Gasteiger partial charge in [0, 0.05) is 6.42 Å². The quantitative estimate of drug-likeness (QED) is 0.682. The molecule has 0 unspecified atom stereocenters. The topological polar surface area (TPSA) is 43.1 Å². The molecule has 0 heterocycles. The lowest BCUT2D eigenvalue weighted by atomic mass is 10.1. The predicted octanol–water partition coefficient (Wildman–Crippen LogP) is 1.35. The Morgan fingerprint density at radius 2 is 2.33 bits per heavy atom. The molecular formula is C10H13NO. The summed E-state index contributed by atoms with van der Waals surface area (Å²) in [6.07, 6.45) is 11.4. The van der Waals surface area contributed by atoms with Crippen LogP contribution in [0.25, 0.3) is 0 Å². The van der Waals surface area contributed by atoms with Crippen LogP contribution in [-0.2, 0) is 4.79 Å². The normalized spacial score (nSPS) is 15.6. The maximum atomic E-state index is 11.0. The molecule has 0 saturated carbocycles. The molecule has 0 amide bonds. The van der Waals surface area contributed by atoms with Gasteiger partial charge in [-0.1, -0.05) is 30.4 Å². The summed E-state index contributed by atoms with van der Waals surface area (Å²) in [7, 11) is 0. The van der Waals surface area contributed by atoms with Gasteiger partial charge in [-0.2, -0.15) is 0 Å². The number of nitrogens with two attached hydrogens (primary N) is 1. The third-order valence-electron chi connectivity index (χ3n) is 1.70. The molecule has 1 rings (SSSR count). The number of carbonyl (C=O) groups is 1. The van der Waals surface area contributed by atoms with Crippen LogP contribution in [0.3, 0.4) is 0 Å². The van der Waals surface area contributed by atoms with Crippen molar-refractivity contribution in [3.8, 4) is 0 Å². The van der Waals surface area contributed by atoms with Crippen LogP contribution in [0.4, 0.5) is 0 Å². The minimum Gasteiger partial charge on any atom is -0.324 e. The van der Waals surface area contributed by atoms with E-state index < -0.39 is 0 Å². The van der Waals surface area contributed by atoms with E-state index in [0.29, 0.717) is 6.42 Å². The van der Waals surface area contributed by atoms with Crippen LogP contribution in [-0.4, -0.2) is 12.3 Å². The van der Waals surface area contributed by atoms with Gasteiger partial charge < -0.3 is 5.73 Å². The third-order valence-corrected chi connectivity index (χ3v) is 1.70. The summed E-state index contributed by atoms with van der Waals surface area (Å²) < 4.78 is 0. The molecule has 2 heteroatoms. The van der Waals surface area contributed by atoms with Gasteiger partial charge in [-0.3, -0.25) is 4.79 Å². The smallest absolute Gasteiger partial charge is 0.150 e. The van der Waals surface area contributed by atoms with Gasteiger partial charge in [0.2, 0.25) is 0 Å². The average Bonchev–Trinajstić information content (AvgIpc) is 2.33. The van der Waals surface area contributed by atoms with Crippen LogP contribution in [0.1, 0.15) is 12.8 Å². The zero-order valence-electron chi connectivity index (χ0n) is 6.99. The second kappa shape index (κ2) is 4.67. The standard InChI is InChI=1S/C10H13NO/c11-8-10(12)7-9-5-3-1-2-4-6-9/h1-3,5-6H,4,7-8,11H2. The Morgan fingerprint density at radius 1 is 1.50 bits per heavy atom. The minimum absolute atomic E-state index is 0.0906. The van der Waals surface area contributed by atoms with Gasteiger partial charge in [0.1, 0.15) is 0 Å². The Kier molecular flexibility index (Phi) is 3.48. The first-order valence-corrected chi connectivity index (χ1v) is 4.07. The van der Waals surface area contributed by atoms with Gasteiger partial charge in [-0.25, -0.2) is 0 Å². The van der Waals surface area contributed by atoms with Crippen LogP contribution in [0.15, 0.2) is 36.0 Å². The van der Waals surface area contributed by atoms with Gasteiger partial charge in [-0.05, 0) is 12.0 Å². The van der Waals surface area contributed by atoms with Crippen LogP contribution in [0.2, 0.25) is 0 Å². The van der Waals surface area contributed by atoms with E-state index in [-0.39, 0.29) is 12.3 Å². The predicted molar refractivity (Wildman–Crippen MR) is 49.7 cm³/mol. The summed E-state index contributed by atoms with van der Waals surface area (Å²) in [5.41, 5.74) is 6.28. The Bertz CT molecular complexity index is 249. The van der Waals surface area contributed by atoms with Crippen LogP contribution < -0.4 is 5.73 Å². The van der Waals surface area contributed by atoms with Gasteiger partial charge in [-0.15, -0.1) is 0 Å². The zero-order valence-corrected chi connectivity index (χ0v) is 6.99. The highest BCUT2D eigenvalue weighted by molar-refractivity contribution is 5.83. The molecule has 0 aromatic rings. The molecule has 0 spiro atoms. The molecule has 1 aliphatic carbocycles. The van der Waals surface area contributed by atoms with E-state index in [1.54, 1.807) is 0 Å². The molecule has 0 saturated heterocycles. The first kappa shape index (κ1) is 8.94. The van der Waals surface area contributed by atoms with Crippen molar-refractivity contribution >= 4 is 5.78 Å². The van der Waals surface area contributed by atoms with Crippen molar-refractivity contribution in [3.63, 3.8) is 0 Å². The van der Waals surface area contributed by atoms with E-state index in [2.05, 4.69) is 6.08 Å². The lowest BCUT2D eigenvalue weighted by Gasteiger charge is -1.97. The van der Waals surface area contributed by atoms with Crippen molar-refractivity contribution in [2.75, 3.05) is 6.54 Å². The van der Waals surface area contributed by atoms with Gasteiger partial charge in [0.15, 0.2) is 5.78 Å². The van der Waals surface area contributed by atoms with Crippen molar-refractivity contribution < 1.29 is 4.79 Å². The summed E-state index contributed by atoms with van der Waals surface area (Å²) in [5, 5.41) is 0. The summed E-state index contributed by atoms with van der Waals surface area (Å²) in [6, 6.07) is 0. The van der Waals surface area contributed by atoms with Crippen LogP contribution in [0, 0.1) is 0 Å². The number of ketones is 1. The number of hydrogen-bond donors (Lipinski definition) is 1. The fourth-order valence-electron chi connectivity index (χ4n) is 1.05. The minimum atomic E-state index is 0.0906. The Hall–Kier alpha value is -1.15. The average molecular weight is 163 g/mol. The van der Waals surface area contributed by atoms with E-state index in [0.717, 1.165) is 12.0 Å². The SMILES string of the molecule is NCC(=O)CC1=CCC=CC=C1. The molecule has 0 atom stereocenters. The fourth-order valence-corrected chi connectivity index (χ4v) is 1.05. The largest absolute Gasteiger partial charge is 0.324 e. The summed E-state index contributed by atoms with van der Waals surface area (Å²) in [4.78, 5) is 11.0. The molecule has 64 valence electrons. The van der Waals surface area contributed by atoms with Crippen LogP contribution >= 0.6 is 0 Å². The Labute approximate surface area is 72.5 Å². The number of rotatable bonds is 3. The van der Waals surface area contributed by atoms with Crippen molar-refractivity contribution in [1.29, 1.82) is 0 Å². The summed E-state index contributed by atoms with van der Waals surface area (Å²) >= 11 is 0. The van der Waals surface area contributed by atoms with Crippen LogP contribution in [0.5, 0.6) is 0 Å². The molecule has 1 aliphatic rings. The third kappa shape index (κ3) is 2.84. The number of Topliss-reactive ketones (excluding diaryl/α,β-unsaturated/α-hetero) is 1. The summed E-state index contributed by atoms with van der Waals surface area (Å²) in [6.45, 7) is 0.138. The van der Waals surface area contributed by atoms with E-state index in [1.807, 2.05) is 24.3 Å². The monoisotopic (exact) mass is 163 g/mol. The first-order valence-electron chi connectivity index (χ1n) is 4.07. The molecular weight excluding hydrogens is 150 g/mol. The second-order valence-electron chi connectivity index (χ2n) is 2.72. The Morgan fingerprint density at radius 3 is 3.08 bits per heavy atom. The van der Waals surface area contributed by atoms with Gasteiger partial charge in [0.25, 0.3) is 0 Å². The Balaban J connectivity index is 2.52. The number of allylic oxidation sites excluding steroid dienone is 6. The molecule has 2 N–H and O–H groups in total. The molecule has 0 bridgehead atoms. The molecule has 0 aliphatic heterocycles. The molecule has 2 nitrogen and oxygen atoms in total. The first-order chi connectivity index (χ1) is 5.83. The molecule has 0 fully saturated rings. The van der Waals surface area contributed by atoms with Crippen molar-refractivity contribution in [3.05, 3.63) is 36.0 Å². The molecule has 12 heavy (non-hydrogen) atoms. The van der Waals surface area contributed by atoms with Crippen molar-refractivity contribution in [2.45, 2.75) is 12.8 Å². The fraction of sp³-hybridized carbons (Fsp3) is 0.300. The van der Waals surface area contributed by atoms with Gasteiger partial charge >= 0.3 is 0 Å². The van der Waals surface area contributed by atoms with Crippen molar-refractivity contribution in [2.24, 2.45) is 5.73 Å². The van der Waals surface area contributed by atoms with E-state index in [1.165, 1.54) is 0 Å². The van der Waals surface area contributed by atoms with Gasteiger partial charge in [0.05, 0.1) is 6.54 Å².